The molecule has 1 aliphatic rings. The lowest BCUT2D eigenvalue weighted by atomic mass is 10.1. The molecule has 11 heteroatoms. The van der Waals surface area contributed by atoms with Crippen LogP contribution in [0.4, 0.5) is 26.3 Å². The van der Waals surface area contributed by atoms with E-state index in [-0.39, 0.29) is 17.7 Å². The summed E-state index contributed by atoms with van der Waals surface area (Å²) < 4.78 is 77.4. The zero-order chi connectivity index (χ0) is 21.4. The summed E-state index contributed by atoms with van der Waals surface area (Å²) in [4.78, 5) is 15.3. The second kappa shape index (κ2) is 7.53. The summed E-state index contributed by atoms with van der Waals surface area (Å²) in [6.45, 7) is 3.35. The van der Waals surface area contributed by atoms with Crippen LogP contribution in [0.3, 0.4) is 0 Å². The largest absolute Gasteiger partial charge is 0.433 e. The summed E-state index contributed by atoms with van der Waals surface area (Å²) >= 11 is 0. The van der Waals surface area contributed by atoms with E-state index in [1.54, 1.807) is 10.7 Å². The number of rotatable bonds is 5. The maximum absolute atomic E-state index is 12.8. The fourth-order valence-corrected chi connectivity index (χ4v) is 2.99. The Morgan fingerprint density at radius 1 is 1.21 bits per heavy atom. The molecule has 29 heavy (non-hydrogen) atoms. The van der Waals surface area contributed by atoms with Gasteiger partial charge in [-0.3, -0.25) is 14.5 Å². The summed E-state index contributed by atoms with van der Waals surface area (Å²) in [5.74, 6) is -0.570. The quantitative estimate of drug-likeness (QED) is 0.578. The third-order valence-corrected chi connectivity index (χ3v) is 4.53. The van der Waals surface area contributed by atoms with Gasteiger partial charge in [-0.2, -0.15) is 31.4 Å². The number of aromatic nitrogens is 3. The number of allylic oxidation sites excluding steroid dienone is 1. The molecular weight excluding hydrogens is 402 g/mol. The highest BCUT2D eigenvalue weighted by Crippen LogP contribution is 2.33. The van der Waals surface area contributed by atoms with Gasteiger partial charge in [0.05, 0.1) is 17.4 Å². The van der Waals surface area contributed by atoms with Gasteiger partial charge < -0.3 is 5.32 Å². The molecule has 0 fully saturated rings. The first-order chi connectivity index (χ1) is 13.4. The molecule has 2 aromatic heterocycles. The third kappa shape index (κ3) is 4.77. The lowest BCUT2D eigenvalue weighted by Gasteiger charge is -2.13. The monoisotopic (exact) mass is 418 g/mol. The fraction of sp³-hybridized carbons (Fsp3) is 0.389. The van der Waals surface area contributed by atoms with Crippen molar-refractivity contribution in [2.24, 2.45) is 0 Å². The minimum atomic E-state index is -4.59. The van der Waals surface area contributed by atoms with Gasteiger partial charge in [0.25, 0.3) is 0 Å². The van der Waals surface area contributed by atoms with E-state index >= 15 is 0 Å². The molecule has 3 heterocycles. The Kier molecular flexibility index (Phi) is 5.42. The second-order valence-electron chi connectivity index (χ2n) is 6.62. The van der Waals surface area contributed by atoms with Gasteiger partial charge in [-0.05, 0) is 31.0 Å². The first-order valence-electron chi connectivity index (χ1n) is 8.61. The number of aryl methyl sites for hydroxylation is 1. The van der Waals surface area contributed by atoms with Crippen molar-refractivity contribution in [1.29, 1.82) is 0 Å². The van der Waals surface area contributed by atoms with Crippen LogP contribution in [-0.4, -0.2) is 26.8 Å². The van der Waals surface area contributed by atoms with Gasteiger partial charge in [0.1, 0.15) is 5.69 Å². The first-order valence-corrected chi connectivity index (χ1v) is 8.61. The molecule has 0 spiro atoms. The highest BCUT2D eigenvalue weighted by molar-refractivity contribution is 5.76. The van der Waals surface area contributed by atoms with Crippen LogP contribution in [0.2, 0.25) is 0 Å². The van der Waals surface area contributed by atoms with Gasteiger partial charge in [0, 0.05) is 30.3 Å². The number of nitrogens with one attached hydrogen (secondary N) is 1. The number of carbonyl (C=O) groups is 1. The van der Waals surface area contributed by atoms with Crippen LogP contribution in [0.25, 0.3) is 11.3 Å². The molecular formula is C18H16F6N4O. The molecule has 0 saturated heterocycles. The summed E-state index contributed by atoms with van der Waals surface area (Å²) in [6.07, 6.45) is -8.48. The number of nitrogens with zero attached hydrogens (tertiary/aromatic N) is 3. The van der Waals surface area contributed by atoms with Crippen LogP contribution in [0.5, 0.6) is 0 Å². The summed E-state index contributed by atoms with van der Waals surface area (Å²) in [5.41, 5.74) is -0.936. The van der Waals surface area contributed by atoms with E-state index in [0.29, 0.717) is 18.7 Å². The molecule has 0 bridgehead atoms. The van der Waals surface area contributed by atoms with Crippen LogP contribution < -0.4 is 5.32 Å². The molecule has 0 saturated carbocycles. The molecule has 156 valence electrons. The van der Waals surface area contributed by atoms with E-state index in [0.717, 1.165) is 12.3 Å². The third-order valence-electron chi connectivity index (χ3n) is 4.53. The van der Waals surface area contributed by atoms with Gasteiger partial charge in [-0.15, -0.1) is 0 Å². The van der Waals surface area contributed by atoms with Crippen LogP contribution in [0.1, 0.15) is 36.7 Å². The maximum atomic E-state index is 12.8. The van der Waals surface area contributed by atoms with Crippen LogP contribution in [-0.2, 0) is 17.5 Å². The fourth-order valence-electron chi connectivity index (χ4n) is 2.99. The Hall–Kier alpha value is -2.85. The zero-order valence-electron chi connectivity index (χ0n) is 14.9. The summed E-state index contributed by atoms with van der Waals surface area (Å²) in [6, 6.07) is 3.35. The topological polar surface area (TPSA) is 59.8 Å². The average molecular weight is 418 g/mol. The van der Waals surface area contributed by atoms with Gasteiger partial charge >= 0.3 is 12.4 Å². The van der Waals surface area contributed by atoms with Crippen molar-refractivity contribution >= 4 is 5.91 Å². The lowest BCUT2D eigenvalue weighted by Crippen LogP contribution is -2.27. The molecule has 0 aliphatic carbocycles. The summed E-state index contributed by atoms with van der Waals surface area (Å²) in [5, 5.41) is 6.90. The van der Waals surface area contributed by atoms with Crippen LogP contribution in [0, 0.1) is 0 Å². The van der Waals surface area contributed by atoms with E-state index in [2.05, 4.69) is 22.0 Å². The number of hydrogen-bond donors (Lipinski definition) is 1. The smallest absolute Gasteiger partial charge is 0.348 e. The van der Waals surface area contributed by atoms with Crippen LogP contribution in [0.15, 0.2) is 36.5 Å². The van der Waals surface area contributed by atoms with Gasteiger partial charge in [0.2, 0.25) is 5.91 Å². The molecule has 1 unspecified atom stereocenters. The van der Waals surface area contributed by atoms with Gasteiger partial charge in [-0.25, -0.2) is 0 Å². The van der Waals surface area contributed by atoms with E-state index in [4.69, 9.17) is 0 Å². The Bertz CT molecular complexity index is 931. The predicted molar refractivity (Wildman–Crippen MR) is 90.4 cm³/mol. The minimum Gasteiger partial charge on any atom is -0.348 e. The first kappa shape index (κ1) is 20.9. The number of halogens is 6. The average Bonchev–Trinajstić information content (AvgIpc) is 3.20. The Morgan fingerprint density at radius 2 is 1.93 bits per heavy atom. The molecule has 5 nitrogen and oxygen atoms in total. The number of amides is 1. The number of hydrogen-bond acceptors (Lipinski definition) is 3. The molecule has 1 N–H and O–H groups in total. The molecule has 3 rings (SSSR count). The number of carbonyl (C=O) groups excluding carboxylic acids is 1. The number of fused-ring (bicyclic) bond motifs is 1. The normalized spacial score (nSPS) is 16.6. The van der Waals surface area contributed by atoms with Gasteiger partial charge in [0.15, 0.2) is 0 Å². The van der Waals surface area contributed by atoms with Crippen LogP contribution >= 0.6 is 0 Å². The SMILES string of the molecule is C=C(CCC(=O)NC1CCn2nc(-c3ccnc(C(F)(F)F)c3)cc21)C(F)(F)F. The number of alkyl halides is 6. The second-order valence-corrected chi connectivity index (χ2v) is 6.62. The van der Waals surface area contributed by atoms with Crippen molar-refractivity contribution < 1.29 is 31.1 Å². The molecule has 1 aliphatic heterocycles. The predicted octanol–water partition coefficient (Wildman–Crippen LogP) is 4.42. The van der Waals surface area contributed by atoms with E-state index in [1.807, 2.05) is 0 Å². The Labute approximate surface area is 161 Å². The van der Waals surface area contributed by atoms with E-state index in [1.165, 1.54) is 6.07 Å². The van der Waals surface area contributed by atoms with Crippen molar-refractivity contribution in [3.63, 3.8) is 0 Å². The van der Waals surface area contributed by atoms with Gasteiger partial charge in [-0.1, -0.05) is 6.58 Å². The minimum absolute atomic E-state index is 0.223. The molecule has 2 aromatic rings. The van der Waals surface area contributed by atoms with Crippen molar-refractivity contribution in [2.45, 2.75) is 44.2 Å². The highest BCUT2D eigenvalue weighted by atomic mass is 19.4. The van der Waals surface area contributed by atoms with Crippen molar-refractivity contribution in [3.05, 3.63) is 47.9 Å². The van der Waals surface area contributed by atoms with E-state index < -0.39 is 42.0 Å². The number of pyridine rings is 1. The maximum Gasteiger partial charge on any atom is 0.433 e. The van der Waals surface area contributed by atoms with Crippen molar-refractivity contribution in [1.82, 2.24) is 20.1 Å². The van der Waals surface area contributed by atoms with Crippen molar-refractivity contribution in [3.8, 4) is 11.3 Å². The Balaban J connectivity index is 1.69. The molecule has 0 radical (unpaired) electrons. The molecule has 1 amide bonds. The Morgan fingerprint density at radius 3 is 2.59 bits per heavy atom. The highest BCUT2D eigenvalue weighted by Gasteiger charge is 2.34. The van der Waals surface area contributed by atoms with E-state index in [9.17, 15) is 31.1 Å². The molecule has 1 atom stereocenters. The van der Waals surface area contributed by atoms with Crippen molar-refractivity contribution in [2.75, 3.05) is 0 Å². The zero-order valence-corrected chi connectivity index (χ0v) is 14.9. The summed E-state index contributed by atoms with van der Waals surface area (Å²) in [7, 11) is 0. The standard InChI is InChI=1S/C18H16F6N4O/c1-10(17(19,20)21)2-3-16(29)26-12-5-7-28-14(12)9-13(27-28)11-4-6-25-15(8-11)18(22,23)24/h4,6,8-9,12H,1-3,5,7H2,(H,26,29). The molecule has 0 aromatic carbocycles. The lowest BCUT2D eigenvalue weighted by molar-refractivity contribution is -0.141.